The summed E-state index contributed by atoms with van der Waals surface area (Å²) in [5.41, 5.74) is -0.291. The Bertz CT molecular complexity index is 559. The molecule has 1 N–H and O–H groups in total. The topological polar surface area (TPSA) is 70.2 Å². The van der Waals surface area contributed by atoms with Crippen LogP contribution in [0.2, 0.25) is 0 Å². The first kappa shape index (κ1) is 14.3. The Labute approximate surface area is 113 Å². The lowest BCUT2D eigenvalue weighted by molar-refractivity contribution is 0.407. The van der Waals surface area contributed by atoms with Crippen LogP contribution in [0.3, 0.4) is 0 Å². The molecule has 6 heteroatoms. The quantitative estimate of drug-likeness (QED) is 0.916. The van der Waals surface area contributed by atoms with Gasteiger partial charge in [-0.15, -0.1) is 0 Å². The van der Waals surface area contributed by atoms with E-state index >= 15 is 0 Å². The van der Waals surface area contributed by atoms with E-state index in [0.29, 0.717) is 19.0 Å². The van der Waals surface area contributed by atoms with Crippen LogP contribution in [0.15, 0.2) is 28.0 Å². The zero-order chi connectivity index (χ0) is 13.9. The van der Waals surface area contributed by atoms with Crippen molar-refractivity contribution in [3.05, 3.63) is 28.7 Å². The molecule has 0 radical (unpaired) electrons. The molecule has 1 aliphatic heterocycles. The second-order valence-electron chi connectivity index (χ2n) is 5.00. The second kappa shape index (κ2) is 5.88. The van der Waals surface area contributed by atoms with Gasteiger partial charge < -0.3 is 4.98 Å². The van der Waals surface area contributed by atoms with E-state index in [4.69, 9.17) is 0 Å². The van der Waals surface area contributed by atoms with E-state index in [-0.39, 0.29) is 10.5 Å². The molecule has 19 heavy (non-hydrogen) atoms. The predicted octanol–water partition coefficient (Wildman–Crippen LogP) is 1.58. The van der Waals surface area contributed by atoms with Gasteiger partial charge in [-0.3, -0.25) is 4.79 Å². The highest BCUT2D eigenvalue weighted by atomic mass is 32.2. The molecule has 1 aromatic heterocycles. The summed E-state index contributed by atoms with van der Waals surface area (Å²) in [6.07, 6.45) is 5.29. The number of sulfonamides is 1. The molecule has 1 atom stereocenters. The fourth-order valence-corrected chi connectivity index (χ4v) is 3.95. The maximum absolute atomic E-state index is 12.5. The molecule has 0 saturated carbocycles. The van der Waals surface area contributed by atoms with Crippen molar-refractivity contribution in [2.45, 2.75) is 37.5 Å². The van der Waals surface area contributed by atoms with E-state index in [9.17, 15) is 13.2 Å². The molecular weight excluding hydrogens is 264 g/mol. The number of nitrogens with one attached hydrogen (secondary N) is 1. The third-order valence-corrected chi connectivity index (χ3v) is 5.67. The van der Waals surface area contributed by atoms with Gasteiger partial charge in [-0.1, -0.05) is 13.3 Å². The van der Waals surface area contributed by atoms with Gasteiger partial charge in [0.05, 0.1) is 4.90 Å². The third kappa shape index (κ3) is 3.25. The van der Waals surface area contributed by atoms with Crippen LogP contribution in [0.1, 0.15) is 32.6 Å². The summed E-state index contributed by atoms with van der Waals surface area (Å²) in [6.45, 7) is 3.29. The highest BCUT2D eigenvalue weighted by Gasteiger charge is 2.27. The van der Waals surface area contributed by atoms with Crippen LogP contribution in [0, 0.1) is 5.92 Å². The highest BCUT2D eigenvalue weighted by Crippen LogP contribution is 2.24. The van der Waals surface area contributed by atoms with Gasteiger partial charge >= 0.3 is 0 Å². The van der Waals surface area contributed by atoms with Gasteiger partial charge in [-0.25, -0.2) is 8.42 Å². The zero-order valence-electron chi connectivity index (χ0n) is 11.1. The first-order valence-electron chi connectivity index (χ1n) is 6.73. The molecule has 1 saturated heterocycles. The van der Waals surface area contributed by atoms with Gasteiger partial charge in [0, 0.05) is 25.4 Å². The Kier molecular flexibility index (Phi) is 4.42. The average Bonchev–Trinajstić information content (AvgIpc) is 2.65. The Morgan fingerprint density at radius 3 is 2.74 bits per heavy atom. The SMILES string of the molecule is CCC1CCCN(S(=O)(=O)c2ccc(=O)[nH]c2)CC1. The zero-order valence-corrected chi connectivity index (χ0v) is 11.9. The lowest BCUT2D eigenvalue weighted by Gasteiger charge is -2.20. The lowest BCUT2D eigenvalue weighted by atomic mass is 9.98. The van der Waals surface area contributed by atoms with E-state index in [0.717, 1.165) is 25.7 Å². The van der Waals surface area contributed by atoms with E-state index in [1.54, 1.807) is 0 Å². The van der Waals surface area contributed by atoms with Crippen LogP contribution in [-0.2, 0) is 10.0 Å². The third-order valence-electron chi connectivity index (χ3n) is 3.78. The number of pyridine rings is 1. The molecule has 2 rings (SSSR count). The van der Waals surface area contributed by atoms with Crippen LogP contribution in [0.25, 0.3) is 0 Å². The van der Waals surface area contributed by atoms with Gasteiger partial charge in [-0.05, 0) is 31.2 Å². The standard InChI is InChI=1S/C13H20N2O3S/c1-2-11-4-3-8-15(9-7-11)19(17,18)12-5-6-13(16)14-10-12/h5-6,10-11H,2-4,7-9H2,1H3,(H,14,16). The summed E-state index contributed by atoms with van der Waals surface area (Å²) < 4.78 is 26.4. The molecule has 0 aliphatic carbocycles. The maximum Gasteiger partial charge on any atom is 0.247 e. The van der Waals surface area contributed by atoms with Gasteiger partial charge in [0.1, 0.15) is 0 Å². The minimum absolute atomic E-state index is 0.169. The highest BCUT2D eigenvalue weighted by molar-refractivity contribution is 7.89. The minimum atomic E-state index is -3.47. The Balaban J connectivity index is 2.20. The molecule has 1 aliphatic rings. The molecule has 0 spiro atoms. The maximum atomic E-state index is 12.5. The molecule has 106 valence electrons. The van der Waals surface area contributed by atoms with Crippen molar-refractivity contribution in [2.24, 2.45) is 5.92 Å². The van der Waals surface area contributed by atoms with E-state index in [1.807, 2.05) is 0 Å². The van der Waals surface area contributed by atoms with Crippen molar-refractivity contribution in [3.8, 4) is 0 Å². The first-order valence-corrected chi connectivity index (χ1v) is 8.17. The molecular formula is C13H20N2O3S. The van der Waals surface area contributed by atoms with Crippen LogP contribution in [-0.4, -0.2) is 30.8 Å². The summed E-state index contributed by atoms with van der Waals surface area (Å²) in [5, 5.41) is 0. The van der Waals surface area contributed by atoms with Crippen molar-refractivity contribution in [1.29, 1.82) is 0 Å². The summed E-state index contributed by atoms with van der Waals surface area (Å²) in [7, 11) is -3.47. The fourth-order valence-electron chi connectivity index (χ4n) is 2.49. The smallest absolute Gasteiger partial charge is 0.247 e. The van der Waals surface area contributed by atoms with Crippen LogP contribution < -0.4 is 5.56 Å². The molecule has 0 aromatic carbocycles. The average molecular weight is 284 g/mol. The van der Waals surface area contributed by atoms with Crippen molar-refractivity contribution in [3.63, 3.8) is 0 Å². The second-order valence-corrected chi connectivity index (χ2v) is 6.94. The minimum Gasteiger partial charge on any atom is -0.328 e. The van der Waals surface area contributed by atoms with Gasteiger partial charge in [0.2, 0.25) is 15.6 Å². The molecule has 1 fully saturated rings. The fraction of sp³-hybridized carbons (Fsp3) is 0.615. The van der Waals surface area contributed by atoms with Gasteiger partial charge in [0.15, 0.2) is 0 Å². The summed E-state index contributed by atoms with van der Waals surface area (Å²) >= 11 is 0. The van der Waals surface area contributed by atoms with Crippen molar-refractivity contribution < 1.29 is 8.42 Å². The van der Waals surface area contributed by atoms with Crippen molar-refractivity contribution in [2.75, 3.05) is 13.1 Å². The number of hydrogen-bond acceptors (Lipinski definition) is 3. The van der Waals surface area contributed by atoms with Gasteiger partial charge in [0.25, 0.3) is 0 Å². The summed E-state index contributed by atoms with van der Waals surface area (Å²) in [4.78, 5) is 13.6. The van der Waals surface area contributed by atoms with Crippen LogP contribution in [0.4, 0.5) is 0 Å². The molecule has 0 amide bonds. The number of nitrogens with zero attached hydrogens (tertiary/aromatic N) is 1. The normalized spacial score (nSPS) is 22.1. The monoisotopic (exact) mass is 284 g/mol. The van der Waals surface area contributed by atoms with E-state index < -0.39 is 10.0 Å². The molecule has 2 heterocycles. The van der Waals surface area contributed by atoms with Gasteiger partial charge in [-0.2, -0.15) is 4.31 Å². The molecule has 0 bridgehead atoms. The predicted molar refractivity (Wildman–Crippen MR) is 73.5 cm³/mol. The Morgan fingerprint density at radius 1 is 1.32 bits per heavy atom. The van der Waals surface area contributed by atoms with Crippen LogP contribution >= 0.6 is 0 Å². The number of aromatic amines is 1. The van der Waals surface area contributed by atoms with E-state index in [1.165, 1.54) is 22.6 Å². The van der Waals surface area contributed by atoms with E-state index in [2.05, 4.69) is 11.9 Å². The van der Waals surface area contributed by atoms with Crippen molar-refractivity contribution in [1.82, 2.24) is 9.29 Å². The largest absolute Gasteiger partial charge is 0.328 e. The molecule has 1 aromatic rings. The number of rotatable bonds is 3. The molecule has 5 nitrogen and oxygen atoms in total. The first-order chi connectivity index (χ1) is 9.04. The van der Waals surface area contributed by atoms with Crippen LogP contribution in [0.5, 0.6) is 0 Å². The Hall–Kier alpha value is -1.14. The van der Waals surface area contributed by atoms with Crippen molar-refractivity contribution >= 4 is 10.0 Å². The Morgan fingerprint density at radius 2 is 2.11 bits per heavy atom. The number of aromatic nitrogens is 1. The summed E-state index contributed by atoms with van der Waals surface area (Å²) in [6, 6.07) is 2.62. The molecule has 1 unspecified atom stereocenters. The summed E-state index contributed by atoms with van der Waals surface area (Å²) in [5.74, 6) is 0.621. The number of hydrogen-bond donors (Lipinski definition) is 1. The lowest BCUT2D eigenvalue weighted by Crippen LogP contribution is -2.32. The number of H-pyrrole nitrogens is 1.